The summed E-state index contributed by atoms with van der Waals surface area (Å²) >= 11 is 0. The minimum absolute atomic E-state index is 0.115. The first kappa shape index (κ1) is 21.2. The zero-order chi connectivity index (χ0) is 20.6. The van der Waals surface area contributed by atoms with Crippen molar-refractivity contribution in [3.63, 3.8) is 0 Å². The molecule has 3 rings (SSSR count). The number of carbonyl (C=O) groups excluding carboxylic acids is 1. The second-order valence-electron chi connectivity index (χ2n) is 10.8. The summed E-state index contributed by atoms with van der Waals surface area (Å²) in [6.45, 7) is 15.2. The molecule has 0 N–H and O–H groups in total. The lowest BCUT2D eigenvalue weighted by atomic mass is 9.63. The molecule has 0 spiro atoms. The van der Waals surface area contributed by atoms with E-state index in [9.17, 15) is 4.79 Å². The van der Waals surface area contributed by atoms with Crippen molar-refractivity contribution in [2.75, 3.05) is 6.61 Å². The van der Waals surface area contributed by atoms with Crippen LogP contribution in [0.25, 0.3) is 0 Å². The fourth-order valence-electron chi connectivity index (χ4n) is 5.16. The average Bonchev–Trinajstić information content (AvgIpc) is 2.60. The molecule has 1 atom stereocenters. The Morgan fingerprint density at radius 2 is 1.29 bits per heavy atom. The summed E-state index contributed by atoms with van der Waals surface area (Å²) in [6, 6.07) is 22.2. The molecular weight excluding hydrogens is 376 g/mol. The van der Waals surface area contributed by atoms with Gasteiger partial charge in [-0.3, -0.25) is 4.79 Å². The molecule has 0 aliphatic carbocycles. The molecular formula is C24H34O2Si2. The van der Waals surface area contributed by atoms with Crippen LogP contribution in [0, 0.1) is 5.41 Å². The van der Waals surface area contributed by atoms with Crippen molar-refractivity contribution >= 4 is 21.9 Å². The van der Waals surface area contributed by atoms with E-state index in [1.165, 1.54) is 0 Å². The Morgan fingerprint density at radius 1 is 0.821 bits per heavy atom. The normalized spacial score (nSPS) is 21.8. The predicted octanol–water partition coefficient (Wildman–Crippen LogP) is 6.46. The Kier molecular flexibility index (Phi) is 5.60. The van der Waals surface area contributed by atoms with Gasteiger partial charge in [0.25, 0.3) is 0 Å². The van der Waals surface area contributed by atoms with Gasteiger partial charge in [0.2, 0.25) is 0 Å². The maximum absolute atomic E-state index is 14.0. The molecule has 2 aromatic carbocycles. The highest BCUT2D eigenvalue weighted by Gasteiger charge is 2.67. The summed E-state index contributed by atoms with van der Waals surface area (Å²) < 4.78 is 6.42. The number of Topliss-reactive ketones (excluding diaryl/α,β-unsaturated/α-hetero) is 1. The van der Waals surface area contributed by atoms with Gasteiger partial charge in [-0.1, -0.05) is 99.9 Å². The molecule has 4 heteroatoms. The molecule has 1 saturated heterocycles. The van der Waals surface area contributed by atoms with Crippen LogP contribution < -0.4 is 0 Å². The van der Waals surface area contributed by atoms with Crippen LogP contribution in [0.5, 0.6) is 0 Å². The van der Waals surface area contributed by atoms with E-state index in [2.05, 4.69) is 51.4 Å². The Morgan fingerprint density at radius 3 is 1.68 bits per heavy atom. The van der Waals surface area contributed by atoms with Gasteiger partial charge in [-0.05, 0) is 17.7 Å². The highest BCUT2D eigenvalue weighted by molar-refractivity contribution is 6.78. The van der Waals surface area contributed by atoms with Gasteiger partial charge in [0, 0.05) is 27.1 Å². The minimum atomic E-state index is -1.44. The number of ether oxygens (including phenoxy) is 1. The molecule has 1 aliphatic rings. The fourth-order valence-corrected chi connectivity index (χ4v) is 10.4. The van der Waals surface area contributed by atoms with Crippen LogP contribution in [0.2, 0.25) is 51.4 Å². The molecule has 0 aromatic heterocycles. The molecule has 1 aliphatic heterocycles. The second-order valence-corrected chi connectivity index (χ2v) is 21.7. The van der Waals surface area contributed by atoms with Gasteiger partial charge in [-0.15, -0.1) is 0 Å². The van der Waals surface area contributed by atoms with Gasteiger partial charge in [0.1, 0.15) is 0 Å². The van der Waals surface area contributed by atoms with Gasteiger partial charge >= 0.3 is 0 Å². The molecule has 1 unspecified atom stereocenters. The third-order valence-electron chi connectivity index (χ3n) is 5.59. The van der Waals surface area contributed by atoms with E-state index in [-0.39, 0.29) is 11.2 Å². The maximum atomic E-state index is 14.0. The van der Waals surface area contributed by atoms with Crippen molar-refractivity contribution in [3.8, 4) is 0 Å². The van der Waals surface area contributed by atoms with Crippen molar-refractivity contribution in [1.82, 2.24) is 0 Å². The molecule has 28 heavy (non-hydrogen) atoms. The SMILES string of the molecule is C[Si](C)(C)CC1(C[Si](C)(C)C)COC1(C(=O)c1ccccc1)c1ccccc1. The van der Waals surface area contributed by atoms with E-state index >= 15 is 0 Å². The first-order valence-electron chi connectivity index (χ1n) is 10.3. The number of rotatable bonds is 7. The fraction of sp³-hybridized carbons (Fsp3) is 0.458. The lowest BCUT2D eigenvalue weighted by molar-refractivity contribution is -0.227. The van der Waals surface area contributed by atoms with Crippen molar-refractivity contribution < 1.29 is 9.53 Å². The van der Waals surface area contributed by atoms with Crippen LogP contribution in [0.1, 0.15) is 15.9 Å². The van der Waals surface area contributed by atoms with E-state index < -0.39 is 21.7 Å². The molecule has 0 saturated carbocycles. The van der Waals surface area contributed by atoms with Crippen LogP contribution in [0.3, 0.4) is 0 Å². The second kappa shape index (κ2) is 7.40. The van der Waals surface area contributed by atoms with Crippen LogP contribution in [0.15, 0.2) is 60.7 Å². The average molecular weight is 411 g/mol. The summed E-state index contributed by atoms with van der Waals surface area (Å²) in [5.74, 6) is 0.127. The highest BCUT2D eigenvalue weighted by Crippen LogP contribution is 2.61. The quantitative estimate of drug-likeness (QED) is 0.387. The van der Waals surface area contributed by atoms with E-state index in [1.54, 1.807) is 0 Å². The molecule has 1 heterocycles. The smallest absolute Gasteiger partial charge is 0.199 e. The minimum Gasteiger partial charge on any atom is -0.361 e. The van der Waals surface area contributed by atoms with Crippen LogP contribution >= 0.6 is 0 Å². The largest absolute Gasteiger partial charge is 0.361 e. The topological polar surface area (TPSA) is 26.3 Å². The van der Waals surface area contributed by atoms with E-state index in [0.717, 1.165) is 23.2 Å². The lowest BCUT2D eigenvalue weighted by Gasteiger charge is -2.61. The summed E-state index contributed by atoms with van der Waals surface area (Å²) in [7, 11) is -2.88. The van der Waals surface area contributed by atoms with Gasteiger partial charge < -0.3 is 4.74 Å². The van der Waals surface area contributed by atoms with Gasteiger partial charge in [-0.25, -0.2) is 0 Å². The summed E-state index contributed by atoms with van der Waals surface area (Å²) in [5, 5.41) is 0. The van der Waals surface area contributed by atoms with Crippen molar-refractivity contribution in [2.24, 2.45) is 5.41 Å². The van der Waals surface area contributed by atoms with Crippen LogP contribution in [-0.4, -0.2) is 28.5 Å². The third kappa shape index (κ3) is 3.95. The number of benzene rings is 2. The molecule has 0 bridgehead atoms. The van der Waals surface area contributed by atoms with Crippen LogP contribution in [-0.2, 0) is 10.3 Å². The first-order valence-corrected chi connectivity index (χ1v) is 17.7. The van der Waals surface area contributed by atoms with Crippen molar-refractivity contribution in [3.05, 3.63) is 71.8 Å². The van der Waals surface area contributed by atoms with Crippen molar-refractivity contribution in [1.29, 1.82) is 0 Å². The van der Waals surface area contributed by atoms with Gasteiger partial charge in [-0.2, -0.15) is 0 Å². The monoisotopic (exact) mass is 410 g/mol. The molecule has 2 aromatic rings. The Balaban J connectivity index is 2.21. The summed E-state index contributed by atoms with van der Waals surface area (Å²) in [5.41, 5.74) is 0.792. The van der Waals surface area contributed by atoms with Gasteiger partial charge in [0.15, 0.2) is 11.4 Å². The molecule has 0 amide bonds. The Hall–Kier alpha value is -1.50. The first-order chi connectivity index (χ1) is 13.0. The standard InChI is InChI=1S/C24H34O2Si2/c1-27(2,3)18-23(19-28(4,5)6)17-26-24(23,21-15-11-8-12-16-21)22(25)20-13-9-7-10-14-20/h7-16H,17-19H2,1-6H3. The molecule has 2 nitrogen and oxygen atoms in total. The lowest BCUT2D eigenvalue weighted by Crippen LogP contribution is -2.67. The van der Waals surface area contributed by atoms with Crippen LogP contribution in [0.4, 0.5) is 0 Å². The number of ketones is 1. The predicted molar refractivity (Wildman–Crippen MR) is 124 cm³/mol. The Bertz CT molecular complexity index is 803. The van der Waals surface area contributed by atoms with E-state index in [1.807, 2.05) is 48.5 Å². The number of carbonyl (C=O) groups is 1. The summed E-state index contributed by atoms with van der Waals surface area (Å²) in [4.78, 5) is 14.0. The molecule has 0 radical (unpaired) electrons. The summed E-state index contributed by atoms with van der Waals surface area (Å²) in [6.07, 6.45) is 0. The zero-order valence-electron chi connectivity index (χ0n) is 18.2. The van der Waals surface area contributed by atoms with Gasteiger partial charge in [0.05, 0.1) is 6.61 Å². The Labute approximate surface area is 172 Å². The number of hydrogen-bond acceptors (Lipinski definition) is 2. The van der Waals surface area contributed by atoms with Crippen molar-refractivity contribution in [2.45, 2.75) is 57.0 Å². The maximum Gasteiger partial charge on any atom is 0.199 e. The number of hydrogen-bond donors (Lipinski definition) is 0. The third-order valence-corrected chi connectivity index (χ3v) is 9.06. The van der Waals surface area contributed by atoms with E-state index in [4.69, 9.17) is 4.74 Å². The van der Waals surface area contributed by atoms with E-state index in [0.29, 0.717) is 6.61 Å². The molecule has 1 fully saturated rings. The highest BCUT2D eigenvalue weighted by atomic mass is 28.3. The molecule has 150 valence electrons. The zero-order valence-corrected chi connectivity index (χ0v) is 20.2.